The van der Waals surface area contributed by atoms with Crippen LogP contribution in [-0.4, -0.2) is 37.1 Å². The first-order valence-electron chi connectivity index (χ1n) is 4.80. The first kappa shape index (κ1) is 12.9. The average Bonchev–Trinajstić information content (AvgIpc) is 2.29. The second kappa shape index (κ2) is 6.40. The number of nitrogens with one attached hydrogen (secondary N) is 1. The summed E-state index contributed by atoms with van der Waals surface area (Å²) in [5.74, 6) is -0.919. The van der Waals surface area contributed by atoms with E-state index in [0.29, 0.717) is 0 Å². The fourth-order valence-electron chi connectivity index (χ4n) is 1.29. The van der Waals surface area contributed by atoms with E-state index in [4.69, 9.17) is 9.84 Å². The molecular formula is C11H15NO3S. The van der Waals surface area contributed by atoms with Crippen molar-refractivity contribution in [1.29, 1.82) is 0 Å². The number of hydrogen-bond donors (Lipinski definition) is 2. The minimum absolute atomic E-state index is 0.137. The lowest BCUT2D eigenvalue weighted by Crippen LogP contribution is -2.33. The molecule has 1 rings (SSSR count). The van der Waals surface area contributed by atoms with Crippen molar-refractivity contribution in [2.45, 2.75) is 10.9 Å². The van der Waals surface area contributed by atoms with Crippen molar-refractivity contribution < 1.29 is 14.6 Å². The minimum Gasteiger partial charge on any atom is -0.480 e. The monoisotopic (exact) mass is 241 g/mol. The zero-order valence-corrected chi connectivity index (χ0v) is 10.1. The zero-order valence-electron chi connectivity index (χ0n) is 9.27. The summed E-state index contributed by atoms with van der Waals surface area (Å²) >= 11 is 1.57. The van der Waals surface area contributed by atoms with Crippen LogP contribution in [0.4, 0.5) is 5.69 Å². The largest absolute Gasteiger partial charge is 0.480 e. The quantitative estimate of drug-likeness (QED) is 0.745. The summed E-state index contributed by atoms with van der Waals surface area (Å²) in [6.07, 6.45) is 1.95. The van der Waals surface area contributed by atoms with Gasteiger partial charge in [-0.15, -0.1) is 11.8 Å². The van der Waals surface area contributed by atoms with Crippen molar-refractivity contribution >= 4 is 23.4 Å². The Morgan fingerprint density at radius 1 is 1.56 bits per heavy atom. The summed E-state index contributed by atoms with van der Waals surface area (Å²) in [6.45, 7) is 0.137. The molecule has 0 aromatic heterocycles. The minimum atomic E-state index is -0.919. The molecule has 88 valence electrons. The molecule has 0 saturated heterocycles. The molecule has 0 aliphatic rings. The van der Waals surface area contributed by atoms with Gasteiger partial charge in [0.2, 0.25) is 0 Å². The smallest absolute Gasteiger partial charge is 0.328 e. The van der Waals surface area contributed by atoms with Gasteiger partial charge >= 0.3 is 5.97 Å². The molecule has 0 bridgehead atoms. The van der Waals surface area contributed by atoms with Gasteiger partial charge in [0.1, 0.15) is 6.04 Å². The van der Waals surface area contributed by atoms with Crippen LogP contribution in [0, 0.1) is 0 Å². The number of carboxylic acids is 1. The molecular weight excluding hydrogens is 226 g/mol. The van der Waals surface area contributed by atoms with E-state index in [1.165, 1.54) is 7.11 Å². The molecule has 0 radical (unpaired) electrons. The van der Waals surface area contributed by atoms with Crippen molar-refractivity contribution in [1.82, 2.24) is 0 Å². The average molecular weight is 241 g/mol. The van der Waals surface area contributed by atoms with E-state index in [1.54, 1.807) is 11.8 Å². The SMILES string of the molecule is COCC(Nc1ccccc1SC)C(=O)O. The number of para-hydroxylation sites is 1. The molecule has 4 nitrogen and oxygen atoms in total. The molecule has 0 aliphatic heterocycles. The lowest BCUT2D eigenvalue weighted by atomic mass is 10.2. The van der Waals surface area contributed by atoms with Crippen molar-refractivity contribution in [3.05, 3.63) is 24.3 Å². The highest BCUT2D eigenvalue weighted by Gasteiger charge is 2.17. The molecule has 16 heavy (non-hydrogen) atoms. The first-order valence-corrected chi connectivity index (χ1v) is 6.02. The number of thioether (sulfide) groups is 1. The molecule has 1 aromatic carbocycles. The van der Waals surface area contributed by atoms with E-state index in [1.807, 2.05) is 30.5 Å². The second-order valence-corrected chi connectivity index (χ2v) is 4.04. The molecule has 0 saturated carbocycles. The summed E-state index contributed by atoms with van der Waals surface area (Å²) in [7, 11) is 1.48. The Bertz CT molecular complexity index is 357. The maximum atomic E-state index is 10.9. The van der Waals surface area contributed by atoms with E-state index < -0.39 is 12.0 Å². The molecule has 0 amide bonds. The molecule has 1 atom stereocenters. The highest BCUT2D eigenvalue weighted by molar-refractivity contribution is 7.98. The van der Waals surface area contributed by atoms with Crippen molar-refractivity contribution in [3.63, 3.8) is 0 Å². The number of rotatable bonds is 6. The van der Waals surface area contributed by atoms with Gasteiger partial charge in [-0.25, -0.2) is 4.79 Å². The fourth-order valence-corrected chi connectivity index (χ4v) is 1.85. The van der Waals surface area contributed by atoms with E-state index in [9.17, 15) is 4.79 Å². The van der Waals surface area contributed by atoms with Gasteiger partial charge in [0.25, 0.3) is 0 Å². The third-order valence-corrected chi connectivity index (χ3v) is 2.86. The van der Waals surface area contributed by atoms with Gasteiger partial charge in [-0.2, -0.15) is 0 Å². The van der Waals surface area contributed by atoms with Crippen LogP contribution in [0.3, 0.4) is 0 Å². The molecule has 0 spiro atoms. The number of ether oxygens (including phenoxy) is 1. The highest BCUT2D eigenvalue weighted by Crippen LogP contribution is 2.25. The summed E-state index contributed by atoms with van der Waals surface area (Å²) in [5, 5.41) is 11.9. The molecule has 0 fully saturated rings. The second-order valence-electron chi connectivity index (χ2n) is 3.19. The third kappa shape index (κ3) is 3.43. The van der Waals surface area contributed by atoms with Crippen molar-refractivity contribution in [2.75, 3.05) is 25.3 Å². The summed E-state index contributed by atoms with van der Waals surface area (Å²) < 4.78 is 4.86. The molecule has 0 aliphatic carbocycles. The predicted molar refractivity (Wildman–Crippen MR) is 65.1 cm³/mol. The van der Waals surface area contributed by atoms with E-state index in [0.717, 1.165) is 10.6 Å². The Kier molecular flexibility index (Phi) is 5.14. The van der Waals surface area contributed by atoms with Gasteiger partial charge in [0.15, 0.2) is 0 Å². The predicted octanol–water partition coefficient (Wildman–Crippen LogP) is 1.92. The Balaban J connectivity index is 2.80. The molecule has 1 unspecified atom stereocenters. The van der Waals surface area contributed by atoms with Gasteiger partial charge in [-0.05, 0) is 18.4 Å². The number of hydrogen-bond acceptors (Lipinski definition) is 4. The maximum absolute atomic E-state index is 10.9. The number of carboxylic acid groups (broad SMARTS) is 1. The lowest BCUT2D eigenvalue weighted by Gasteiger charge is -2.16. The number of methoxy groups -OCH3 is 1. The number of benzene rings is 1. The summed E-state index contributed by atoms with van der Waals surface area (Å²) in [5.41, 5.74) is 0.819. The molecule has 0 heterocycles. The third-order valence-electron chi connectivity index (χ3n) is 2.07. The van der Waals surface area contributed by atoms with Gasteiger partial charge in [-0.1, -0.05) is 12.1 Å². The molecule has 1 aromatic rings. The Hall–Kier alpha value is -1.20. The van der Waals surface area contributed by atoms with E-state index in [-0.39, 0.29) is 6.61 Å². The van der Waals surface area contributed by atoms with Crippen LogP contribution in [0.15, 0.2) is 29.2 Å². The molecule has 5 heteroatoms. The van der Waals surface area contributed by atoms with Crippen LogP contribution >= 0.6 is 11.8 Å². The number of carbonyl (C=O) groups is 1. The van der Waals surface area contributed by atoms with Gasteiger partial charge in [0, 0.05) is 17.7 Å². The summed E-state index contributed by atoms with van der Waals surface area (Å²) in [4.78, 5) is 12.0. The van der Waals surface area contributed by atoms with Crippen molar-refractivity contribution in [2.24, 2.45) is 0 Å². The van der Waals surface area contributed by atoms with Gasteiger partial charge < -0.3 is 15.2 Å². The first-order chi connectivity index (χ1) is 7.69. The topological polar surface area (TPSA) is 58.6 Å². The maximum Gasteiger partial charge on any atom is 0.328 e. The van der Waals surface area contributed by atoms with Crippen LogP contribution in [0.1, 0.15) is 0 Å². The normalized spacial score (nSPS) is 12.1. The van der Waals surface area contributed by atoms with Crippen LogP contribution in [0.5, 0.6) is 0 Å². The highest BCUT2D eigenvalue weighted by atomic mass is 32.2. The Morgan fingerprint density at radius 2 is 2.25 bits per heavy atom. The van der Waals surface area contributed by atoms with Crippen LogP contribution in [-0.2, 0) is 9.53 Å². The van der Waals surface area contributed by atoms with Crippen molar-refractivity contribution in [3.8, 4) is 0 Å². The standard InChI is InChI=1S/C11H15NO3S/c1-15-7-9(11(13)14)12-8-5-3-4-6-10(8)16-2/h3-6,9,12H,7H2,1-2H3,(H,13,14). The fraction of sp³-hybridized carbons (Fsp3) is 0.364. The summed E-state index contributed by atoms with van der Waals surface area (Å²) in [6, 6.07) is 6.87. The lowest BCUT2D eigenvalue weighted by molar-refractivity contribution is -0.139. The Morgan fingerprint density at radius 3 is 2.81 bits per heavy atom. The van der Waals surface area contributed by atoms with Crippen LogP contribution in [0.2, 0.25) is 0 Å². The number of aliphatic carboxylic acids is 1. The van der Waals surface area contributed by atoms with Crippen LogP contribution < -0.4 is 5.32 Å². The zero-order chi connectivity index (χ0) is 12.0. The number of anilines is 1. The van der Waals surface area contributed by atoms with E-state index >= 15 is 0 Å². The van der Waals surface area contributed by atoms with E-state index in [2.05, 4.69) is 5.32 Å². The van der Waals surface area contributed by atoms with Gasteiger partial charge in [-0.3, -0.25) is 0 Å². The van der Waals surface area contributed by atoms with Crippen LogP contribution in [0.25, 0.3) is 0 Å². The molecule has 2 N–H and O–H groups in total. The van der Waals surface area contributed by atoms with Gasteiger partial charge in [0.05, 0.1) is 6.61 Å². The Labute approximate surface area is 99.0 Å².